The Morgan fingerprint density at radius 2 is 2.42 bits per heavy atom. The highest BCUT2D eigenvalue weighted by atomic mass is 32.2. The van der Waals surface area contributed by atoms with Crippen molar-refractivity contribution in [3.05, 3.63) is 24.3 Å². The summed E-state index contributed by atoms with van der Waals surface area (Å²) in [6, 6.07) is 0. The van der Waals surface area contributed by atoms with Crippen molar-refractivity contribution in [2.75, 3.05) is 5.75 Å². The molecular formula is C9H12OS2. The van der Waals surface area contributed by atoms with Crippen molar-refractivity contribution < 1.29 is 4.79 Å². The minimum Gasteiger partial charge on any atom is -0.275 e. The van der Waals surface area contributed by atoms with Crippen LogP contribution in [0.5, 0.6) is 0 Å². The Hall–Kier alpha value is -0.150. The van der Waals surface area contributed by atoms with Crippen LogP contribution in [0.3, 0.4) is 0 Å². The SMILES string of the molecule is O=C(S)SCCC1C=CC=CC1. The first kappa shape index (κ1) is 9.93. The van der Waals surface area contributed by atoms with Crippen LogP contribution in [0.2, 0.25) is 0 Å². The van der Waals surface area contributed by atoms with Crippen LogP contribution in [-0.2, 0) is 0 Å². The summed E-state index contributed by atoms with van der Waals surface area (Å²) >= 11 is 4.98. The lowest BCUT2D eigenvalue weighted by Gasteiger charge is -2.10. The van der Waals surface area contributed by atoms with Crippen molar-refractivity contribution >= 4 is 28.8 Å². The number of carbonyl (C=O) groups is 1. The Bertz CT molecular complexity index is 209. The first-order chi connectivity index (χ1) is 5.79. The van der Waals surface area contributed by atoms with E-state index in [0.717, 1.165) is 18.6 Å². The summed E-state index contributed by atoms with van der Waals surface area (Å²) in [5.41, 5.74) is 0. The Balaban J connectivity index is 2.11. The molecule has 0 N–H and O–H groups in total. The highest BCUT2D eigenvalue weighted by Crippen LogP contribution is 2.19. The molecule has 0 amide bonds. The standard InChI is InChI=1S/C9H12OS2/c10-9(11)12-7-6-8-4-2-1-3-5-8/h1-4,8H,5-7H2,(H,10,11). The topological polar surface area (TPSA) is 17.1 Å². The van der Waals surface area contributed by atoms with E-state index >= 15 is 0 Å². The van der Waals surface area contributed by atoms with E-state index < -0.39 is 0 Å². The number of allylic oxidation sites excluding steroid dienone is 4. The van der Waals surface area contributed by atoms with Crippen LogP contribution in [0.15, 0.2) is 24.3 Å². The Kier molecular flexibility index (Phi) is 4.54. The lowest BCUT2D eigenvalue weighted by Crippen LogP contribution is -1.99. The van der Waals surface area contributed by atoms with Crippen LogP contribution in [0.1, 0.15) is 12.8 Å². The largest absolute Gasteiger partial charge is 0.275 e. The van der Waals surface area contributed by atoms with Crippen molar-refractivity contribution in [3.63, 3.8) is 0 Å². The molecule has 3 heteroatoms. The van der Waals surface area contributed by atoms with Gasteiger partial charge >= 0.3 is 0 Å². The van der Waals surface area contributed by atoms with Gasteiger partial charge in [-0.05, 0) is 18.8 Å². The Morgan fingerprint density at radius 1 is 1.58 bits per heavy atom. The smallest absolute Gasteiger partial charge is 0.243 e. The zero-order valence-corrected chi connectivity index (χ0v) is 8.48. The predicted octanol–water partition coefficient (Wildman–Crippen LogP) is 3.29. The summed E-state index contributed by atoms with van der Waals surface area (Å²) in [6.07, 6.45) is 10.7. The summed E-state index contributed by atoms with van der Waals surface area (Å²) in [7, 11) is 0. The molecule has 1 rings (SSSR count). The van der Waals surface area contributed by atoms with E-state index in [1.807, 2.05) is 0 Å². The maximum atomic E-state index is 10.5. The Morgan fingerprint density at radius 3 is 3.00 bits per heavy atom. The second-order valence-electron chi connectivity index (χ2n) is 2.71. The molecule has 66 valence electrons. The third kappa shape index (κ3) is 4.02. The summed E-state index contributed by atoms with van der Waals surface area (Å²) in [5, 5.41) is 0. The van der Waals surface area contributed by atoms with Crippen LogP contribution >= 0.6 is 24.4 Å². The molecule has 0 aromatic carbocycles. The van der Waals surface area contributed by atoms with Crippen molar-refractivity contribution in [2.45, 2.75) is 12.8 Å². The first-order valence-corrected chi connectivity index (χ1v) is 5.41. The second kappa shape index (κ2) is 5.49. The minimum absolute atomic E-state index is 0.0784. The fourth-order valence-electron chi connectivity index (χ4n) is 1.14. The molecule has 12 heavy (non-hydrogen) atoms. The summed E-state index contributed by atoms with van der Waals surface area (Å²) in [5.74, 6) is 1.50. The lowest BCUT2D eigenvalue weighted by atomic mass is 9.98. The number of hydrogen-bond acceptors (Lipinski definition) is 2. The monoisotopic (exact) mass is 200 g/mol. The van der Waals surface area contributed by atoms with Gasteiger partial charge in [0.2, 0.25) is 4.45 Å². The molecule has 1 aliphatic carbocycles. The third-order valence-electron chi connectivity index (χ3n) is 1.78. The molecule has 1 aliphatic rings. The van der Waals surface area contributed by atoms with Crippen molar-refractivity contribution in [1.29, 1.82) is 0 Å². The average molecular weight is 200 g/mol. The van der Waals surface area contributed by atoms with Gasteiger partial charge in [0, 0.05) is 5.75 Å². The minimum atomic E-state index is -0.0784. The molecule has 0 saturated carbocycles. The molecule has 1 unspecified atom stereocenters. The molecule has 0 fully saturated rings. The molecule has 1 atom stereocenters. The van der Waals surface area contributed by atoms with Crippen LogP contribution < -0.4 is 0 Å². The van der Waals surface area contributed by atoms with Crippen molar-refractivity contribution in [3.8, 4) is 0 Å². The van der Waals surface area contributed by atoms with Gasteiger partial charge < -0.3 is 0 Å². The van der Waals surface area contributed by atoms with Crippen LogP contribution in [0.4, 0.5) is 4.79 Å². The van der Waals surface area contributed by atoms with E-state index in [1.54, 1.807) is 0 Å². The van der Waals surface area contributed by atoms with Gasteiger partial charge in [-0.1, -0.05) is 48.7 Å². The lowest BCUT2D eigenvalue weighted by molar-refractivity contribution is 0.277. The van der Waals surface area contributed by atoms with E-state index in [2.05, 4.69) is 36.9 Å². The van der Waals surface area contributed by atoms with Gasteiger partial charge in [-0.2, -0.15) is 0 Å². The van der Waals surface area contributed by atoms with Gasteiger partial charge in [-0.3, -0.25) is 4.79 Å². The second-order valence-corrected chi connectivity index (χ2v) is 4.49. The normalized spacial score (nSPS) is 21.2. The summed E-state index contributed by atoms with van der Waals surface area (Å²) in [6.45, 7) is 0. The van der Waals surface area contributed by atoms with Crippen LogP contribution in [0.25, 0.3) is 0 Å². The predicted molar refractivity (Wildman–Crippen MR) is 57.8 cm³/mol. The molecular weight excluding hydrogens is 188 g/mol. The Labute approximate surface area is 82.7 Å². The quantitative estimate of drug-likeness (QED) is 0.704. The fraction of sp³-hybridized carbons (Fsp3) is 0.444. The van der Waals surface area contributed by atoms with Gasteiger partial charge in [0.15, 0.2) is 0 Å². The molecule has 0 aromatic rings. The highest BCUT2D eigenvalue weighted by molar-refractivity contribution is 8.32. The van der Waals surface area contributed by atoms with Gasteiger partial charge in [0.05, 0.1) is 0 Å². The number of hydrogen-bond donors (Lipinski definition) is 1. The number of thiol groups is 1. The first-order valence-electron chi connectivity index (χ1n) is 3.98. The number of carbonyl (C=O) groups excluding carboxylic acids is 1. The van der Waals surface area contributed by atoms with E-state index in [0.29, 0.717) is 5.92 Å². The van der Waals surface area contributed by atoms with Gasteiger partial charge in [-0.15, -0.1) is 0 Å². The fourth-order valence-corrected chi connectivity index (χ4v) is 2.01. The molecule has 0 radical (unpaired) electrons. The molecule has 0 spiro atoms. The summed E-state index contributed by atoms with van der Waals surface area (Å²) in [4.78, 5) is 10.5. The average Bonchev–Trinajstić information content (AvgIpc) is 2.05. The third-order valence-corrected chi connectivity index (χ3v) is 2.86. The highest BCUT2D eigenvalue weighted by Gasteiger charge is 2.05. The molecule has 0 heterocycles. The van der Waals surface area contributed by atoms with Crippen molar-refractivity contribution in [2.24, 2.45) is 5.92 Å². The maximum Gasteiger partial charge on any atom is 0.243 e. The van der Waals surface area contributed by atoms with Crippen molar-refractivity contribution in [1.82, 2.24) is 0 Å². The zero-order chi connectivity index (χ0) is 8.81. The summed E-state index contributed by atoms with van der Waals surface area (Å²) < 4.78 is -0.0784. The number of rotatable bonds is 3. The molecule has 0 saturated heterocycles. The van der Waals surface area contributed by atoms with E-state index in [1.165, 1.54) is 11.8 Å². The van der Waals surface area contributed by atoms with E-state index in [4.69, 9.17) is 0 Å². The molecule has 0 aliphatic heterocycles. The molecule has 0 bridgehead atoms. The molecule has 1 nitrogen and oxygen atoms in total. The van der Waals surface area contributed by atoms with Crippen LogP contribution in [-0.4, -0.2) is 10.2 Å². The zero-order valence-electron chi connectivity index (χ0n) is 6.77. The van der Waals surface area contributed by atoms with Gasteiger partial charge in [0.1, 0.15) is 0 Å². The van der Waals surface area contributed by atoms with E-state index in [9.17, 15) is 4.79 Å². The maximum absolute atomic E-state index is 10.5. The number of thioether (sulfide) groups is 1. The van der Waals surface area contributed by atoms with E-state index in [-0.39, 0.29) is 4.45 Å². The molecule has 0 aromatic heterocycles. The van der Waals surface area contributed by atoms with Gasteiger partial charge in [0.25, 0.3) is 0 Å². The van der Waals surface area contributed by atoms with Crippen LogP contribution in [0, 0.1) is 5.92 Å². The van der Waals surface area contributed by atoms with Gasteiger partial charge in [-0.25, -0.2) is 0 Å².